The van der Waals surface area contributed by atoms with E-state index in [1.807, 2.05) is 0 Å². The molecule has 0 aliphatic heterocycles. The summed E-state index contributed by atoms with van der Waals surface area (Å²) in [5.74, 6) is -1.04. The second-order valence-electron chi connectivity index (χ2n) is 2.93. The molecule has 16 heavy (non-hydrogen) atoms. The Morgan fingerprint density at radius 3 is 3.00 bits per heavy atom. The van der Waals surface area contributed by atoms with Crippen molar-refractivity contribution in [2.45, 2.75) is 0 Å². The van der Waals surface area contributed by atoms with Gasteiger partial charge in [0.1, 0.15) is 5.82 Å². The lowest BCUT2D eigenvalue weighted by molar-refractivity contribution is 0.102. The van der Waals surface area contributed by atoms with Crippen molar-refractivity contribution in [2.75, 3.05) is 5.32 Å². The van der Waals surface area contributed by atoms with Gasteiger partial charge >= 0.3 is 0 Å². The summed E-state index contributed by atoms with van der Waals surface area (Å²) in [6.07, 6.45) is 1.26. The number of amides is 1. The average molecular weight is 285 g/mol. The standard InChI is InChI=1S/C9H6BrFN4O/c10-5-1-2-6(11)7(3-5)13-9(16)8-4-12-15-14-8/h1-4H,(H,13,16)(H,12,14,15). The lowest BCUT2D eigenvalue weighted by Gasteiger charge is -2.04. The number of carbonyl (C=O) groups excluding carboxylic acids is 1. The van der Waals surface area contributed by atoms with E-state index in [2.05, 4.69) is 36.7 Å². The Bertz CT molecular complexity index is 514. The van der Waals surface area contributed by atoms with Gasteiger partial charge in [0.15, 0.2) is 5.69 Å². The number of hydrogen-bond donors (Lipinski definition) is 2. The van der Waals surface area contributed by atoms with Crippen LogP contribution in [0.2, 0.25) is 0 Å². The zero-order valence-corrected chi connectivity index (χ0v) is 9.45. The van der Waals surface area contributed by atoms with Gasteiger partial charge in [0.2, 0.25) is 0 Å². The minimum atomic E-state index is -0.522. The van der Waals surface area contributed by atoms with Crippen LogP contribution in [0.25, 0.3) is 0 Å². The summed E-state index contributed by atoms with van der Waals surface area (Å²) >= 11 is 3.18. The highest BCUT2D eigenvalue weighted by Crippen LogP contribution is 2.20. The van der Waals surface area contributed by atoms with Gasteiger partial charge in [0.05, 0.1) is 11.9 Å². The topological polar surface area (TPSA) is 70.7 Å². The van der Waals surface area contributed by atoms with Crippen molar-refractivity contribution in [1.29, 1.82) is 0 Å². The van der Waals surface area contributed by atoms with Gasteiger partial charge in [-0.1, -0.05) is 15.9 Å². The molecule has 0 unspecified atom stereocenters. The Morgan fingerprint density at radius 2 is 2.31 bits per heavy atom. The minimum Gasteiger partial charge on any atom is -0.318 e. The number of H-pyrrole nitrogens is 1. The Kier molecular flexibility index (Phi) is 2.95. The maximum absolute atomic E-state index is 13.3. The van der Waals surface area contributed by atoms with Crippen molar-refractivity contribution >= 4 is 27.5 Å². The maximum Gasteiger partial charge on any atom is 0.277 e. The second kappa shape index (κ2) is 4.40. The van der Waals surface area contributed by atoms with E-state index < -0.39 is 11.7 Å². The van der Waals surface area contributed by atoms with E-state index in [0.717, 1.165) is 0 Å². The fraction of sp³-hybridized carbons (Fsp3) is 0. The number of benzene rings is 1. The summed E-state index contributed by atoms with van der Waals surface area (Å²) in [7, 11) is 0. The van der Waals surface area contributed by atoms with E-state index in [0.29, 0.717) is 4.47 Å². The van der Waals surface area contributed by atoms with Crippen LogP contribution in [-0.4, -0.2) is 21.3 Å². The Balaban J connectivity index is 2.21. The number of nitrogens with one attached hydrogen (secondary N) is 2. The van der Waals surface area contributed by atoms with Crippen molar-refractivity contribution in [2.24, 2.45) is 0 Å². The van der Waals surface area contributed by atoms with Gasteiger partial charge in [0.25, 0.3) is 5.91 Å². The summed E-state index contributed by atoms with van der Waals surface area (Å²) in [6, 6.07) is 4.26. The van der Waals surface area contributed by atoms with Crippen LogP contribution in [-0.2, 0) is 0 Å². The number of halogens is 2. The Morgan fingerprint density at radius 1 is 1.50 bits per heavy atom. The molecule has 1 aromatic carbocycles. The highest BCUT2D eigenvalue weighted by molar-refractivity contribution is 9.10. The Hall–Kier alpha value is -1.76. The average Bonchev–Trinajstić information content (AvgIpc) is 2.76. The third kappa shape index (κ3) is 2.25. The molecule has 0 fully saturated rings. The van der Waals surface area contributed by atoms with Crippen LogP contribution in [0, 0.1) is 5.82 Å². The number of carbonyl (C=O) groups is 1. The number of aromatic nitrogens is 3. The number of rotatable bonds is 2. The van der Waals surface area contributed by atoms with E-state index in [9.17, 15) is 9.18 Å². The third-order valence-corrected chi connectivity index (χ3v) is 2.32. The summed E-state index contributed by atoms with van der Waals surface area (Å²) in [4.78, 5) is 11.5. The van der Waals surface area contributed by atoms with Gasteiger partial charge in [-0.15, -0.1) is 0 Å². The number of anilines is 1. The van der Waals surface area contributed by atoms with Crippen molar-refractivity contribution < 1.29 is 9.18 Å². The van der Waals surface area contributed by atoms with Gasteiger partial charge in [-0.05, 0) is 18.2 Å². The van der Waals surface area contributed by atoms with Crippen molar-refractivity contribution in [3.63, 3.8) is 0 Å². The first kappa shape index (κ1) is 10.7. The van der Waals surface area contributed by atoms with Crippen LogP contribution in [0.3, 0.4) is 0 Å². The van der Waals surface area contributed by atoms with Crippen LogP contribution >= 0.6 is 15.9 Å². The molecule has 0 atom stereocenters. The molecule has 2 aromatic rings. The first-order chi connectivity index (χ1) is 7.66. The van der Waals surface area contributed by atoms with E-state index in [-0.39, 0.29) is 11.4 Å². The zero-order chi connectivity index (χ0) is 11.5. The molecule has 0 saturated carbocycles. The SMILES string of the molecule is O=C(Nc1cc(Br)ccc1F)c1cn[nH]n1. The van der Waals surface area contributed by atoms with Crippen LogP contribution in [0.15, 0.2) is 28.9 Å². The van der Waals surface area contributed by atoms with E-state index in [4.69, 9.17) is 0 Å². The van der Waals surface area contributed by atoms with Gasteiger partial charge < -0.3 is 5.32 Å². The van der Waals surface area contributed by atoms with Gasteiger partial charge in [0, 0.05) is 4.47 Å². The van der Waals surface area contributed by atoms with Crippen LogP contribution in [0.4, 0.5) is 10.1 Å². The summed E-state index contributed by atoms with van der Waals surface area (Å²) in [5, 5.41) is 11.8. The second-order valence-corrected chi connectivity index (χ2v) is 3.85. The molecule has 0 saturated heterocycles. The van der Waals surface area contributed by atoms with Crippen molar-refractivity contribution in [3.8, 4) is 0 Å². The fourth-order valence-corrected chi connectivity index (χ4v) is 1.45. The monoisotopic (exact) mass is 284 g/mol. The molecular formula is C9H6BrFN4O. The molecule has 0 radical (unpaired) electrons. The first-order valence-electron chi connectivity index (χ1n) is 4.29. The van der Waals surface area contributed by atoms with Gasteiger partial charge in [-0.3, -0.25) is 4.79 Å². The Labute approximate surface area is 98.2 Å². The zero-order valence-electron chi connectivity index (χ0n) is 7.87. The largest absolute Gasteiger partial charge is 0.318 e. The molecule has 0 aliphatic rings. The normalized spacial score (nSPS) is 10.1. The van der Waals surface area contributed by atoms with Crippen molar-refractivity contribution in [1.82, 2.24) is 15.4 Å². The lowest BCUT2D eigenvalue weighted by Crippen LogP contribution is -2.13. The molecule has 1 heterocycles. The lowest BCUT2D eigenvalue weighted by atomic mass is 10.3. The highest BCUT2D eigenvalue weighted by Gasteiger charge is 2.11. The minimum absolute atomic E-state index is 0.0855. The first-order valence-corrected chi connectivity index (χ1v) is 5.08. The highest BCUT2D eigenvalue weighted by atomic mass is 79.9. The third-order valence-electron chi connectivity index (χ3n) is 1.82. The summed E-state index contributed by atoms with van der Waals surface area (Å²) in [5.41, 5.74) is 0.182. The fourth-order valence-electron chi connectivity index (χ4n) is 1.09. The van der Waals surface area contributed by atoms with Crippen molar-refractivity contribution in [3.05, 3.63) is 40.4 Å². The number of hydrogen-bond acceptors (Lipinski definition) is 3. The summed E-state index contributed by atoms with van der Waals surface area (Å²) in [6.45, 7) is 0. The summed E-state index contributed by atoms with van der Waals surface area (Å²) < 4.78 is 14.0. The molecule has 7 heteroatoms. The van der Waals surface area contributed by atoms with Crippen LogP contribution in [0.1, 0.15) is 10.5 Å². The molecule has 0 spiro atoms. The van der Waals surface area contributed by atoms with Gasteiger partial charge in [-0.25, -0.2) is 4.39 Å². The molecule has 2 rings (SSSR count). The predicted molar refractivity (Wildman–Crippen MR) is 58.4 cm³/mol. The van der Waals surface area contributed by atoms with Gasteiger partial charge in [-0.2, -0.15) is 15.4 Å². The maximum atomic E-state index is 13.3. The van der Waals surface area contributed by atoms with E-state index in [1.54, 1.807) is 6.07 Å². The molecule has 1 aromatic heterocycles. The quantitative estimate of drug-likeness (QED) is 0.886. The molecule has 0 aliphatic carbocycles. The number of nitrogens with zero attached hydrogens (tertiary/aromatic N) is 2. The molecule has 5 nitrogen and oxygen atoms in total. The van der Waals surface area contributed by atoms with Crippen LogP contribution < -0.4 is 5.32 Å². The van der Waals surface area contributed by atoms with E-state index >= 15 is 0 Å². The van der Waals surface area contributed by atoms with E-state index in [1.165, 1.54) is 18.3 Å². The molecule has 0 bridgehead atoms. The van der Waals surface area contributed by atoms with Crippen LogP contribution in [0.5, 0.6) is 0 Å². The number of aromatic amines is 1. The molecule has 1 amide bonds. The molecule has 2 N–H and O–H groups in total. The molecular weight excluding hydrogens is 279 g/mol. The smallest absolute Gasteiger partial charge is 0.277 e. The molecule has 82 valence electrons. The predicted octanol–water partition coefficient (Wildman–Crippen LogP) is 1.96.